The van der Waals surface area contributed by atoms with Gasteiger partial charge in [-0.2, -0.15) is 0 Å². The summed E-state index contributed by atoms with van der Waals surface area (Å²) in [6, 6.07) is 17.0. The lowest BCUT2D eigenvalue weighted by Gasteiger charge is -2.30. The van der Waals surface area contributed by atoms with Gasteiger partial charge in [0.1, 0.15) is 18.2 Å². The zero-order valence-electron chi connectivity index (χ0n) is 18.2. The SMILES string of the molecule is CN1C[C@H](c2ccc(OCc3cccc(F)c3)c(Cl)c2)[C@H]([N+](=O)[O-])[C@]12C(=O)Nc1ccccc12. The number of benzene rings is 3. The van der Waals surface area contributed by atoms with Gasteiger partial charge in [-0.25, -0.2) is 4.39 Å². The molecule has 3 aromatic rings. The quantitative estimate of drug-likeness (QED) is 0.426. The van der Waals surface area contributed by atoms with Crippen molar-refractivity contribution in [3.05, 3.63) is 104 Å². The highest BCUT2D eigenvalue weighted by molar-refractivity contribution is 6.32. The van der Waals surface area contributed by atoms with Crippen LogP contribution < -0.4 is 10.1 Å². The highest BCUT2D eigenvalue weighted by atomic mass is 35.5. The Bertz CT molecular complexity index is 1300. The lowest BCUT2D eigenvalue weighted by Crippen LogP contribution is -2.54. The fraction of sp³-hybridized carbons (Fsp3) is 0.240. The average molecular weight is 482 g/mol. The van der Waals surface area contributed by atoms with Crippen molar-refractivity contribution in [3.8, 4) is 5.75 Å². The molecule has 1 amide bonds. The number of halogens is 2. The van der Waals surface area contributed by atoms with Crippen LogP contribution in [0.5, 0.6) is 5.75 Å². The molecule has 1 fully saturated rings. The van der Waals surface area contributed by atoms with Crippen molar-refractivity contribution in [2.75, 3.05) is 18.9 Å². The topological polar surface area (TPSA) is 84.7 Å². The summed E-state index contributed by atoms with van der Waals surface area (Å²) in [7, 11) is 1.73. The van der Waals surface area contributed by atoms with E-state index in [1.807, 2.05) is 0 Å². The molecular formula is C25H21ClFN3O4. The first-order chi connectivity index (χ1) is 16.3. The molecule has 2 aliphatic heterocycles. The lowest BCUT2D eigenvalue weighted by molar-refractivity contribution is -0.534. The molecule has 0 unspecified atom stereocenters. The molecule has 0 bridgehead atoms. The Kier molecular flexibility index (Phi) is 5.50. The lowest BCUT2D eigenvalue weighted by atomic mass is 9.79. The number of carbonyl (C=O) groups is 1. The van der Waals surface area contributed by atoms with E-state index in [0.717, 1.165) is 0 Å². The van der Waals surface area contributed by atoms with E-state index < -0.39 is 23.4 Å². The predicted molar refractivity (Wildman–Crippen MR) is 125 cm³/mol. The summed E-state index contributed by atoms with van der Waals surface area (Å²) in [5.41, 5.74) is 1.08. The minimum atomic E-state index is -1.41. The highest BCUT2D eigenvalue weighted by Gasteiger charge is 2.68. The molecule has 7 nitrogen and oxygen atoms in total. The first-order valence-corrected chi connectivity index (χ1v) is 11.1. The number of rotatable bonds is 5. The minimum absolute atomic E-state index is 0.126. The van der Waals surface area contributed by atoms with Crippen LogP contribution in [0, 0.1) is 15.9 Å². The smallest absolute Gasteiger partial charge is 0.256 e. The molecule has 3 atom stereocenters. The monoisotopic (exact) mass is 481 g/mol. The number of nitrogens with one attached hydrogen (secondary N) is 1. The van der Waals surface area contributed by atoms with Gasteiger partial charge < -0.3 is 10.1 Å². The second-order valence-corrected chi connectivity index (χ2v) is 9.00. The molecule has 1 spiro atoms. The number of nitrogens with zero attached hydrogens (tertiary/aromatic N) is 2. The summed E-state index contributed by atoms with van der Waals surface area (Å²) in [4.78, 5) is 27.0. The number of likely N-dealkylation sites (N-methyl/N-ethyl adjacent to an activating group) is 1. The van der Waals surface area contributed by atoms with Crippen LogP contribution in [-0.4, -0.2) is 35.4 Å². The summed E-state index contributed by atoms with van der Waals surface area (Å²) >= 11 is 6.47. The Hall–Kier alpha value is -3.49. The van der Waals surface area contributed by atoms with Crippen molar-refractivity contribution in [2.24, 2.45) is 0 Å². The molecule has 0 aliphatic carbocycles. The third kappa shape index (κ3) is 3.41. The Morgan fingerprint density at radius 3 is 2.74 bits per heavy atom. The van der Waals surface area contributed by atoms with Gasteiger partial charge in [0, 0.05) is 22.7 Å². The van der Waals surface area contributed by atoms with Gasteiger partial charge in [0.25, 0.3) is 11.9 Å². The van der Waals surface area contributed by atoms with E-state index in [2.05, 4.69) is 5.32 Å². The number of hydrogen-bond acceptors (Lipinski definition) is 5. The largest absolute Gasteiger partial charge is 0.487 e. The van der Waals surface area contributed by atoms with Crippen LogP contribution in [0.3, 0.4) is 0 Å². The van der Waals surface area contributed by atoms with Crippen LogP contribution in [0.25, 0.3) is 0 Å². The zero-order valence-corrected chi connectivity index (χ0v) is 19.0. The molecule has 1 N–H and O–H groups in total. The summed E-state index contributed by atoms with van der Waals surface area (Å²) in [6.45, 7) is 0.424. The number of ether oxygens (including phenoxy) is 1. The Morgan fingerprint density at radius 2 is 2.00 bits per heavy atom. The van der Waals surface area contributed by atoms with Crippen LogP contribution in [0.15, 0.2) is 66.7 Å². The fourth-order valence-electron chi connectivity index (χ4n) is 5.23. The van der Waals surface area contributed by atoms with Gasteiger partial charge >= 0.3 is 0 Å². The van der Waals surface area contributed by atoms with E-state index in [-0.39, 0.29) is 22.4 Å². The van der Waals surface area contributed by atoms with E-state index in [9.17, 15) is 19.3 Å². The van der Waals surface area contributed by atoms with Crippen molar-refractivity contribution in [1.82, 2.24) is 4.90 Å². The van der Waals surface area contributed by atoms with Gasteiger partial charge in [-0.1, -0.05) is 48.0 Å². The number of likely N-dealkylation sites (tertiary alicyclic amines) is 1. The van der Waals surface area contributed by atoms with Crippen molar-refractivity contribution >= 4 is 23.2 Å². The number of para-hydroxylation sites is 1. The Balaban J connectivity index is 1.46. The van der Waals surface area contributed by atoms with Crippen molar-refractivity contribution in [1.29, 1.82) is 0 Å². The summed E-state index contributed by atoms with van der Waals surface area (Å²) in [5, 5.41) is 15.5. The average Bonchev–Trinajstić information content (AvgIpc) is 3.28. The van der Waals surface area contributed by atoms with Crippen LogP contribution in [0.4, 0.5) is 10.1 Å². The van der Waals surface area contributed by atoms with Crippen LogP contribution >= 0.6 is 11.6 Å². The number of nitro groups is 1. The molecule has 174 valence electrons. The van der Waals surface area contributed by atoms with Crippen LogP contribution in [0.1, 0.15) is 22.6 Å². The van der Waals surface area contributed by atoms with E-state index in [0.29, 0.717) is 34.7 Å². The number of fused-ring (bicyclic) bond motifs is 2. The molecule has 3 aromatic carbocycles. The molecule has 2 aliphatic rings. The van der Waals surface area contributed by atoms with Crippen molar-refractivity contribution < 1.29 is 18.8 Å². The Labute approximate surface area is 200 Å². The van der Waals surface area contributed by atoms with E-state index in [4.69, 9.17) is 16.3 Å². The highest BCUT2D eigenvalue weighted by Crippen LogP contribution is 2.52. The number of amides is 1. The molecule has 0 radical (unpaired) electrons. The maximum atomic E-state index is 13.4. The van der Waals surface area contributed by atoms with Gasteiger partial charge in [-0.05, 0) is 48.5 Å². The van der Waals surface area contributed by atoms with Crippen molar-refractivity contribution in [3.63, 3.8) is 0 Å². The third-order valence-corrected chi connectivity index (χ3v) is 7.00. The second-order valence-electron chi connectivity index (χ2n) is 8.59. The van der Waals surface area contributed by atoms with E-state index >= 15 is 0 Å². The second kappa shape index (κ2) is 8.38. The molecule has 0 saturated carbocycles. The number of anilines is 1. The van der Waals surface area contributed by atoms with E-state index in [1.165, 1.54) is 12.1 Å². The molecule has 34 heavy (non-hydrogen) atoms. The number of carbonyl (C=O) groups excluding carboxylic acids is 1. The van der Waals surface area contributed by atoms with Gasteiger partial charge in [0.05, 0.1) is 10.9 Å². The summed E-state index contributed by atoms with van der Waals surface area (Å²) in [6.07, 6.45) is 0. The number of hydrogen-bond donors (Lipinski definition) is 1. The molecule has 1 saturated heterocycles. The molecule has 5 rings (SSSR count). The van der Waals surface area contributed by atoms with Crippen LogP contribution in [0.2, 0.25) is 5.02 Å². The fourth-order valence-corrected chi connectivity index (χ4v) is 5.48. The zero-order chi connectivity index (χ0) is 24.0. The van der Waals surface area contributed by atoms with Gasteiger partial charge in [0.2, 0.25) is 0 Å². The predicted octanol–water partition coefficient (Wildman–Crippen LogP) is 4.58. The molecular weight excluding hydrogens is 461 g/mol. The van der Waals surface area contributed by atoms with Gasteiger partial charge in [-0.15, -0.1) is 0 Å². The normalized spacial score (nSPS) is 23.7. The summed E-state index contributed by atoms with van der Waals surface area (Å²) in [5.74, 6) is -0.948. The Morgan fingerprint density at radius 1 is 1.21 bits per heavy atom. The molecule has 2 heterocycles. The first kappa shape index (κ1) is 22.3. The van der Waals surface area contributed by atoms with Gasteiger partial charge in [-0.3, -0.25) is 19.8 Å². The molecule has 9 heteroatoms. The van der Waals surface area contributed by atoms with Gasteiger partial charge in [0.15, 0.2) is 5.54 Å². The maximum Gasteiger partial charge on any atom is 0.256 e. The minimum Gasteiger partial charge on any atom is -0.487 e. The standard InChI is InChI=1S/C25H21ClFN3O4/c1-29-13-18(23(30(32)33)25(29)19-7-2-3-8-21(19)28-24(25)31)16-9-10-22(20(26)12-16)34-14-15-5-4-6-17(27)11-15/h2-12,18,23H,13-14H2,1H3,(H,28,31)/t18-,23+,25-/m1/s1. The van der Waals surface area contributed by atoms with E-state index in [1.54, 1.807) is 66.5 Å². The third-order valence-electron chi connectivity index (χ3n) is 6.71. The summed E-state index contributed by atoms with van der Waals surface area (Å²) < 4.78 is 19.1. The first-order valence-electron chi connectivity index (χ1n) is 10.7. The van der Waals surface area contributed by atoms with Crippen LogP contribution in [-0.2, 0) is 16.9 Å². The van der Waals surface area contributed by atoms with Crippen molar-refractivity contribution in [2.45, 2.75) is 24.1 Å². The maximum absolute atomic E-state index is 13.4. The molecule has 0 aromatic heterocycles.